The number of ether oxygens (including phenoxy) is 1. The van der Waals surface area contributed by atoms with Crippen molar-refractivity contribution in [1.82, 2.24) is 15.1 Å². The third kappa shape index (κ3) is 5.47. The summed E-state index contributed by atoms with van der Waals surface area (Å²) < 4.78 is 4.71. The second-order valence-electron chi connectivity index (χ2n) is 6.17. The fourth-order valence-electron chi connectivity index (χ4n) is 2.88. The van der Waals surface area contributed by atoms with Crippen LogP contribution in [0.3, 0.4) is 0 Å². The molecule has 0 atom stereocenters. The number of guanidine groups is 1. The molecule has 0 spiro atoms. The van der Waals surface area contributed by atoms with Gasteiger partial charge >= 0.3 is 5.97 Å². The fraction of sp³-hybridized carbons (Fsp3) is 0.526. The minimum Gasteiger partial charge on any atom is -0.465 e. The summed E-state index contributed by atoms with van der Waals surface area (Å²) in [6, 6.07) is 7.41. The largest absolute Gasteiger partial charge is 0.465 e. The van der Waals surface area contributed by atoms with E-state index in [1.807, 2.05) is 24.0 Å². The van der Waals surface area contributed by atoms with Crippen molar-refractivity contribution in [1.29, 1.82) is 0 Å². The van der Waals surface area contributed by atoms with E-state index in [0.717, 1.165) is 50.7 Å². The van der Waals surface area contributed by atoms with Gasteiger partial charge in [-0.25, -0.2) is 4.79 Å². The maximum atomic E-state index is 11.5. The van der Waals surface area contributed by atoms with E-state index >= 15 is 0 Å². The monoisotopic (exact) mass is 360 g/mol. The van der Waals surface area contributed by atoms with Crippen LogP contribution in [0.4, 0.5) is 0 Å². The maximum Gasteiger partial charge on any atom is 0.337 e. The Morgan fingerprint density at radius 2 is 1.73 bits per heavy atom. The number of hydrogen-bond donors (Lipinski definition) is 1. The highest BCUT2D eigenvalue weighted by molar-refractivity contribution is 5.89. The molecule has 7 nitrogen and oxygen atoms in total. The predicted octanol–water partition coefficient (Wildman–Crippen LogP) is 1.15. The first-order valence-electron chi connectivity index (χ1n) is 9.01. The zero-order chi connectivity index (χ0) is 18.9. The van der Waals surface area contributed by atoms with E-state index in [0.29, 0.717) is 12.1 Å². The minimum atomic E-state index is -0.325. The van der Waals surface area contributed by atoms with E-state index in [-0.39, 0.29) is 11.9 Å². The van der Waals surface area contributed by atoms with E-state index in [4.69, 9.17) is 9.73 Å². The molecule has 1 aromatic carbocycles. The van der Waals surface area contributed by atoms with Crippen LogP contribution >= 0.6 is 0 Å². The summed E-state index contributed by atoms with van der Waals surface area (Å²) in [5.74, 6) is 0.692. The number of amides is 1. The summed E-state index contributed by atoms with van der Waals surface area (Å²) in [6.45, 7) is 8.17. The number of benzene rings is 1. The molecule has 7 heteroatoms. The van der Waals surface area contributed by atoms with Gasteiger partial charge in [0.15, 0.2) is 5.96 Å². The summed E-state index contributed by atoms with van der Waals surface area (Å²) in [5, 5.41) is 3.33. The van der Waals surface area contributed by atoms with Gasteiger partial charge < -0.3 is 19.9 Å². The number of aliphatic imine (C=N–C) groups is 1. The van der Waals surface area contributed by atoms with Crippen LogP contribution in [0, 0.1) is 0 Å². The van der Waals surface area contributed by atoms with Crippen LogP contribution in [0.1, 0.15) is 29.8 Å². The lowest BCUT2D eigenvalue weighted by Gasteiger charge is -2.36. The molecule has 2 rings (SSSR count). The highest BCUT2D eigenvalue weighted by Crippen LogP contribution is 2.07. The number of nitrogens with zero attached hydrogens (tertiary/aromatic N) is 3. The molecular formula is C19H28N4O3. The van der Waals surface area contributed by atoms with Gasteiger partial charge in [-0.15, -0.1) is 0 Å². The van der Waals surface area contributed by atoms with Crippen LogP contribution in [0.5, 0.6) is 0 Å². The summed E-state index contributed by atoms with van der Waals surface area (Å²) >= 11 is 0. The van der Waals surface area contributed by atoms with Gasteiger partial charge in [-0.1, -0.05) is 12.1 Å². The number of methoxy groups -OCH3 is 1. The van der Waals surface area contributed by atoms with Crippen molar-refractivity contribution >= 4 is 17.8 Å². The summed E-state index contributed by atoms with van der Waals surface area (Å²) in [4.78, 5) is 31.7. The van der Waals surface area contributed by atoms with Crippen molar-refractivity contribution < 1.29 is 14.3 Å². The second kappa shape index (κ2) is 9.79. The quantitative estimate of drug-likeness (QED) is 0.484. The molecule has 26 heavy (non-hydrogen) atoms. The van der Waals surface area contributed by atoms with Crippen LogP contribution in [0.2, 0.25) is 0 Å². The standard InChI is InChI=1S/C19H28N4O3/c1-4-20-19(23-13-11-22(12-14-23)15(2)24)21-10-9-16-5-7-17(8-6-16)18(25)26-3/h5-8H,4,9-14H2,1-3H3,(H,20,21). The van der Waals surface area contributed by atoms with Gasteiger partial charge in [0.25, 0.3) is 0 Å². The number of carbonyl (C=O) groups is 2. The van der Waals surface area contributed by atoms with E-state index in [1.165, 1.54) is 7.11 Å². The van der Waals surface area contributed by atoms with E-state index < -0.39 is 0 Å². The molecule has 0 unspecified atom stereocenters. The average molecular weight is 360 g/mol. The van der Waals surface area contributed by atoms with Gasteiger partial charge in [0.2, 0.25) is 5.91 Å². The highest BCUT2D eigenvalue weighted by Gasteiger charge is 2.20. The van der Waals surface area contributed by atoms with Crippen molar-refractivity contribution in [3.8, 4) is 0 Å². The zero-order valence-electron chi connectivity index (χ0n) is 15.8. The van der Waals surface area contributed by atoms with Crippen LogP contribution < -0.4 is 5.32 Å². The van der Waals surface area contributed by atoms with Gasteiger partial charge in [-0.05, 0) is 31.0 Å². The molecular weight excluding hydrogens is 332 g/mol. The van der Waals surface area contributed by atoms with Gasteiger partial charge in [0, 0.05) is 46.2 Å². The Bertz CT molecular complexity index is 635. The third-order valence-corrected chi connectivity index (χ3v) is 4.40. The molecule has 1 aliphatic heterocycles. The van der Waals surface area contributed by atoms with Crippen molar-refractivity contribution in [2.24, 2.45) is 4.99 Å². The SMILES string of the molecule is CCNC(=NCCc1ccc(C(=O)OC)cc1)N1CCN(C(C)=O)CC1. The van der Waals surface area contributed by atoms with Crippen LogP contribution in [0.25, 0.3) is 0 Å². The Kier molecular flexibility index (Phi) is 7.44. The first-order chi connectivity index (χ1) is 12.5. The molecule has 0 bridgehead atoms. The summed E-state index contributed by atoms with van der Waals surface area (Å²) in [5.41, 5.74) is 1.68. The zero-order valence-corrected chi connectivity index (χ0v) is 15.8. The molecule has 0 aromatic heterocycles. The second-order valence-corrected chi connectivity index (χ2v) is 6.17. The lowest BCUT2D eigenvalue weighted by Crippen LogP contribution is -2.53. The topological polar surface area (TPSA) is 74.2 Å². The maximum absolute atomic E-state index is 11.5. The Hall–Kier alpha value is -2.57. The number of rotatable bonds is 5. The molecule has 0 aliphatic carbocycles. The summed E-state index contributed by atoms with van der Waals surface area (Å²) in [6.07, 6.45) is 0.795. The van der Waals surface area contributed by atoms with Crippen LogP contribution in [0.15, 0.2) is 29.3 Å². The molecule has 0 saturated carbocycles. The van der Waals surface area contributed by atoms with E-state index in [1.54, 1.807) is 19.1 Å². The lowest BCUT2D eigenvalue weighted by atomic mass is 10.1. The van der Waals surface area contributed by atoms with Crippen LogP contribution in [-0.2, 0) is 16.0 Å². The smallest absolute Gasteiger partial charge is 0.337 e. The Morgan fingerprint density at radius 3 is 2.27 bits per heavy atom. The Balaban J connectivity index is 1.91. The molecule has 1 N–H and O–H groups in total. The van der Waals surface area contributed by atoms with Gasteiger partial charge in [-0.2, -0.15) is 0 Å². The molecule has 1 heterocycles. The number of esters is 1. The number of carbonyl (C=O) groups excluding carboxylic acids is 2. The molecule has 1 aromatic rings. The Labute approximate surface area is 155 Å². The van der Waals surface area contributed by atoms with Gasteiger partial charge in [0.05, 0.1) is 12.7 Å². The van der Waals surface area contributed by atoms with Crippen LogP contribution in [-0.4, -0.2) is 74.0 Å². The lowest BCUT2D eigenvalue weighted by molar-refractivity contribution is -0.130. The molecule has 0 radical (unpaired) electrons. The Morgan fingerprint density at radius 1 is 1.12 bits per heavy atom. The molecule has 142 valence electrons. The third-order valence-electron chi connectivity index (χ3n) is 4.40. The van der Waals surface area contributed by atoms with E-state index in [2.05, 4.69) is 10.2 Å². The first-order valence-corrected chi connectivity index (χ1v) is 9.01. The molecule has 1 saturated heterocycles. The molecule has 1 amide bonds. The molecule has 1 fully saturated rings. The van der Waals surface area contributed by atoms with E-state index in [9.17, 15) is 9.59 Å². The van der Waals surface area contributed by atoms with Crippen molar-refractivity contribution in [2.45, 2.75) is 20.3 Å². The highest BCUT2D eigenvalue weighted by atomic mass is 16.5. The van der Waals surface area contributed by atoms with Gasteiger partial charge in [-0.3, -0.25) is 9.79 Å². The number of nitrogens with one attached hydrogen (secondary N) is 1. The predicted molar refractivity (Wildman–Crippen MR) is 101 cm³/mol. The van der Waals surface area contributed by atoms with Crippen molar-refractivity contribution in [3.63, 3.8) is 0 Å². The van der Waals surface area contributed by atoms with Gasteiger partial charge in [0.1, 0.15) is 0 Å². The first kappa shape index (κ1) is 19.8. The van der Waals surface area contributed by atoms with Crippen molar-refractivity contribution in [2.75, 3.05) is 46.4 Å². The number of piperazine rings is 1. The number of hydrogen-bond acceptors (Lipinski definition) is 4. The normalized spacial score (nSPS) is 15.0. The fourth-order valence-corrected chi connectivity index (χ4v) is 2.88. The average Bonchev–Trinajstić information content (AvgIpc) is 2.67. The minimum absolute atomic E-state index is 0.127. The van der Waals surface area contributed by atoms with Crippen molar-refractivity contribution in [3.05, 3.63) is 35.4 Å². The summed E-state index contributed by atoms with van der Waals surface area (Å²) in [7, 11) is 1.38. The molecule has 1 aliphatic rings.